The first-order chi connectivity index (χ1) is 9.18. The molecule has 2 heterocycles. The number of nitrogens with one attached hydrogen (secondary N) is 1. The van der Waals surface area contributed by atoms with Crippen molar-refractivity contribution in [1.29, 1.82) is 5.26 Å². The van der Waals surface area contributed by atoms with E-state index in [9.17, 15) is 4.79 Å². The van der Waals surface area contributed by atoms with Gasteiger partial charge in [-0.2, -0.15) is 5.26 Å². The average Bonchev–Trinajstić information content (AvgIpc) is 2.58. The van der Waals surface area contributed by atoms with Gasteiger partial charge in [0.1, 0.15) is 0 Å². The van der Waals surface area contributed by atoms with E-state index in [1.807, 2.05) is 27.7 Å². The van der Waals surface area contributed by atoms with Crippen LogP contribution < -0.4 is 11.0 Å². The number of nitrogens with zero attached hydrogens (tertiary/aromatic N) is 1. The van der Waals surface area contributed by atoms with Gasteiger partial charge in [-0.05, 0) is 40.1 Å². The molecular weight excluding hydrogens is 255 g/mol. The maximum atomic E-state index is 11.8. The molecular formula is C14H19BN2O3. The smallest absolute Gasteiger partial charge is 0.399 e. The Hall–Kier alpha value is -1.58. The summed E-state index contributed by atoms with van der Waals surface area (Å²) < 4.78 is 11.9. The summed E-state index contributed by atoms with van der Waals surface area (Å²) in [5.41, 5.74) is 0.0308. The van der Waals surface area contributed by atoms with Crippen LogP contribution in [-0.2, 0) is 9.31 Å². The molecule has 0 amide bonds. The largest absolute Gasteiger partial charge is 0.496 e. The molecule has 1 atom stereocenters. The Labute approximate surface area is 119 Å². The molecule has 0 aromatic carbocycles. The van der Waals surface area contributed by atoms with Gasteiger partial charge >= 0.3 is 7.12 Å². The Balaban J connectivity index is 2.37. The highest BCUT2D eigenvalue weighted by molar-refractivity contribution is 6.62. The van der Waals surface area contributed by atoms with Crippen LogP contribution in [0.3, 0.4) is 0 Å². The van der Waals surface area contributed by atoms with Gasteiger partial charge in [0.15, 0.2) is 0 Å². The third-order valence-electron chi connectivity index (χ3n) is 4.14. The van der Waals surface area contributed by atoms with Crippen LogP contribution >= 0.6 is 0 Å². The van der Waals surface area contributed by atoms with Crippen LogP contribution in [0.4, 0.5) is 0 Å². The van der Waals surface area contributed by atoms with Crippen LogP contribution in [0.15, 0.2) is 17.1 Å². The highest BCUT2D eigenvalue weighted by atomic mass is 16.7. The summed E-state index contributed by atoms with van der Waals surface area (Å²) in [6, 6.07) is 3.76. The van der Waals surface area contributed by atoms with E-state index in [4.69, 9.17) is 14.6 Å². The third kappa shape index (κ3) is 2.39. The number of pyridine rings is 1. The average molecular weight is 274 g/mol. The SMILES string of the molecule is CC(C#N)c1cc(B2OC(C)(C)C(C)(C)O2)c[nH]c1=O. The molecule has 20 heavy (non-hydrogen) atoms. The van der Waals surface area contributed by atoms with Crippen LogP contribution in [0, 0.1) is 11.3 Å². The van der Waals surface area contributed by atoms with E-state index in [0.29, 0.717) is 5.56 Å². The van der Waals surface area contributed by atoms with Crippen LogP contribution in [0.25, 0.3) is 0 Å². The standard InChI is InChI=1S/C14H19BN2O3/c1-9(7-16)11-6-10(8-17-12(11)18)15-19-13(2,3)14(4,5)20-15/h6,8-9H,1-5H3,(H,17,18). The molecule has 1 aromatic heterocycles. The number of rotatable bonds is 2. The first-order valence-electron chi connectivity index (χ1n) is 6.66. The van der Waals surface area contributed by atoms with Gasteiger partial charge in [0, 0.05) is 11.8 Å². The fourth-order valence-electron chi connectivity index (χ4n) is 2.03. The lowest BCUT2D eigenvalue weighted by atomic mass is 9.79. The van der Waals surface area contributed by atoms with Crippen LogP contribution in [0.2, 0.25) is 0 Å². The topological polar surface area (TPSA) is 75.1 Å². The zero-order valence-electron chi connectivity index (χ0n) is 12.5. The minimum atomic E-state index is -0.540. The van der Waals surface area contributed by atoms with Crippen molar-refractivity contribution in [3.05, 3.63) is 28.2 Å². The summed E-state index contributed by atoms with van der Waals surface area (Å²) in [4.78, 5) is 14.4. The van der Waals surface area contributed by atoms with Crippen molar-refractivity contribution >= 4 is 12.6 Å². The van der Waals surface area contributed by atoms with Gasteiger partial charge in [0.2, 0.25) is 0 Å². The normalized spacial score (nSPS) is 21.5. The Morgan fingerprint density at radius 1 is 1.30 bits per heavy atom. The van der Waals surface area contributed by atoms with E-state index in [0.717, 1.165) is 5.46 Å². The van der Waals surface area contributed by atoms with E-state index in [2.05, 4.69) is 11.1 Å². The second-order valence-electron chi connectivity index (χ2n) is 6.16. The second kappa shape index (κ2) is 4.76. The molecule has 1 saturated heterocycles. The monoisotopic (exact) mass is 274 g/mol. The van der Waals surface area contributed by atoms with Gasteiger partial charge in [0.25, 0.3) is 5.56 Å². The van der Waals surface area contributed by atoms with Crippen molar-refractivity contribution in [1.82, 2.24) is 4.98 Å². The zero-order chi connectivity index (χ0) is 15.1. The van der Waals surface area contributed by atoms with Gasteiger partial charge in [-0.15, -0.1) is 0 Å². The van der Waals surface area contributed by atoms with E-state index in [1.165, 1.54) is 0 Å². The van der Waals surface area contributed by atoms with Crippen LogP contribution in [0.5, 0.6) is 0 Å². The number of aromatic amines is 1. The molecule has 1 aliphatic rings. The number of aromatic nitrogens is 1. The highest BCUT2D eigenvalue weighted by Crippen LogP contribution is 2.36. The van der Waals surface area contributed by atoms with Crippen molar-refractivity contribution in [2.45, 2.75) is 51.7 Å². The lowest BCUT2D eigenvalue weighted by Crippen LogP contribution is -2.41. The lowest BCUT2D eigenvalue weighted by Gasteiger charge is -2.32. The predicted octanol–water partition coefficient (Wildman–Crippen LogP) is 1.30. The van der Waals surface area contributed by atoms with Crippen LogP contribution in [0.1, 0.15) is 46.1 Å². The molecule has 0 bridgehead atoms. The maximum Gasteiger partial charge on any atom is 0.496 e. The summed E-state index contributed by atoms with van der Waals surface area (Å²) in [5, 5.41) is 8.97. The number of hydrogen-bond donors (Lipinski definition) is 1. The van der Waals surface area contributed by atoms with E-state index in [-0.39, 0.29) is 5.56 Å². The van der Waals surface area contributed by atoms with Crippen molar-refractivity contribution in [3.63, 3.8) is 0 Å². The molecule has 1 N–H and O–H groups in total. The first kappa shape index (κ1) is 14.8. The zero-order valence-corrected chi connectivity index (χ0v) is 12.5. The summed E-state index contributed by atoms with van der Waals surface area (Å²) >= 11 is 0. The molecule has 1 fully saturated rings. The van der Waals surface area contributed by atoms with E-state index < -0.39 is 24.2 Å². The minimum absolute atomic E-state index is 0.251. The van der Waals surface area contributed by atoms with Gasteiger partial charge in [-0.25, -0.2) is 0 Å². The van der Waals surface area contributed by atoms with Gasteiger partial charge in [0.05, 0.1) is 23.2 Å². The molecule has 0 aliphatic carbocycles. The minimum Gasteiger partial charge on any atom is -0.399 e. The second-order valence-corrected chi connectivity index (χ2v) is 6.16. The Morgan fingerprint density at radius 3 is 2.35 bits per heavy atom. The fraction of sp³-hybridized carbons (Fsp3) is 0.571. The molecule has 0 spiro atoms. The number of hydrogen-bond acceptors (Lipinski definition) is 4. The highest BCUT2D eigenvalue weighted by Gasteiger charge is 2.51. The molecule has 5 nitrogen and oxygen atoms in total. The van der Waals surface area contributed by atoms with E-state index >= 15 is 0 Å². The molecule has 2 rings (SSSR count). The molecule has 0 saturated carbocycles. The van der Waals surface area contributed by atoms with Gasteiger partial charge in [-0.1, -0.05) is 6.07 Å². The Bertz CT molecular complexity index is 600. The summed E-state index contributed by atoms with van der Waals surface area (Å²) in [6.45, 7) is 9.57. The van der Waals surface area contributed by atoms with Crippen LogP contribution in [-0.4, -0.2) is 23.3 Å². The number of H-pyrrole nitrogens is 1. The van der Waals surface area contributed by atoms with Crippen molar-refractivity contribution in [3.8, 4) is 6.07 Å². The molecule has 1 unspecified atom stereocenters. The lowest BCUT2D eigenvalue weighted by molar-refractivity contribution is 0.00578. The Morgan fingerprint density at radius 2 is 1.85 bits per heavy atom. The molecule has 1 aromatic rings. The Kier molecular flexibility index (Phi) is 3.53. The summed E-state index contributed by atoms with van der Waals surface area (Å²) in [6.07, 6.45) is 1.58. The predicted molar refractivity (Wildman–Crippen MR) is 76.8 cm³/mol. The first-order valence-corrected chi connectivity index (χ1v) is 6.66. The van der Waals surface area contributed by atoms with Crippen molar-refractivity contribution in [2.24, 2.45) is 0 Å². The summed E-state index contributed by atoms with van der Waals surface area (Å²) in [7, 11) is -0.540. The fourth-order valence-corrected chi connectivity index (χ4v) is 2.03. The molecule has 106 valence electrons. The quantitative estimate of drug-likeness (QED) is 0.825. The third-order valence-corrected chi connectivity index (χ3v) is 4.14. The van der Waals surface area contributed by atoms with E-state index in [1.54, 1.807) is 19.2 Å². The maximum absolute atomic E-state index is 11.8. The molecule has 1 aliphatic heterocycles. The van der Waals surface area contributed by atoms with Crippen molar-refractivity contribution < 1.29 is 9.31 Å². The molecule has 0 radical (unpaired) electrons. The number of nitriles is 1. The van der Waals surface area contributed by atoms with Gasteiger partial charge in [-0.3, -0.25) is 4.79 Å². The van der Waals surface area contributed by atoms with Gasteiger partial charge < -0.3 is 14.3 Å². The van der Waals surface area contributed by atoms with Crippen molar-refractivity contribution in [2.75, 3.05) is 0 Å². The molecule has 6 heteroatoms. The summed E-state index contributed by atoms with van der Waals surface area (Å²) in [5.74, 6) is -0.471.